The number of halogens is 2. The quantitative estimate of drug-likeness (QED) is 0.452. The van der Waals surface area contributed by atoms with Crippen LogP contribution in [0.25, 0.3) is 16.0 Å². The van der Waals surface area contributed by atoms with Crippen LogP contribution in [0, 0.1) is 18.6 Å². The van der Waals surface area contributed by atoms with E-state index in [-0.39, 0.29) is 11.5 Å². The summed E-state index contributed by atoms with van der Waals surface area (Å²) in [4.78, 5) is 21.3. The maximum absolute atomic E-state index is 13.5. The highest BCUT2D eigenvalue weighted by molar-refractivity contribution is 7.22. The molecular formula is C23H21F2N5O2S. The Kier molecular flexibility index (Phi) is 5.45. The molecule has 2 aromatic carbocycles. The standard InChI is InChI=1S/C23H21F2N5O2S/c1-14-20-21(30(27-14)16-4-6-17(32-2)7-5-16)26-23(33-20)29-11-9-28(10-12-29)22(31)15-3-8-18(24)19(25)13-15/h3-8,13H,9-12H2,1-2H3. The van der Waals surface area contributed by atoms with E-state index in [0.717, 1.165) is 44.7 Å². The highest BCUT2D eigenvalue weighted by Crippen LogP contribution is 2.33. The van der Waals surface area contributed by atoms with Gasteiger partial charge in [-0.3, -0.25) is 4.79 Å². The molecule has 2 aromatic heterocycles. The van der Waals surface area contributed by atoms with Crippen molar-refractivity contribution in [2.24, 2.45) is 0 Å². The second-order valence-corrected chi connectivity index (χ2v) is 8.73. The lowest BCUT2D eigenvalue weighted by Gasteiger charge is -2.34. The molecule has 5 rings (SSSR count). The molecule has 3 heterocycles. The third kappa shape index (κ3) is 3.91. The first-order chi connectivity index (χ1) is 15.9. The van der Waals surface area contributed by atoms with Gasteiger partial charge >= 0.3 is 0 Å². The summed E-state index contributed by atoms with van der Waals surface area (Å²) >= 11 is 1.58. The lowest BCUT2D eigenvalue weighted by Crippen LogP contribution is -2.48. The number of piperazine rings is 1. The van der Waals surface area contributed by atoms with Gasteiger partial charge in [0, 0.05) is 31.7 Å². The fraction of sp³-hybridized carbons (Fsp3) is 0.261. The van der Waals surface area contributed by atoms with Crippen molar-refractivity contribution in [3.63, 3.8) is 0 Å². The number of carbonyl (C=O) groups is 1. The van der Waals surface area contributed by atoms with Crippen molar-refractivity contribution in [1.82, 2.24) is 19.7 Å². The first-order valence-corrected chi connectivity index (χ1v) is 11.3. The molecule has 10 heteroatoms. The molecule has 0 atom stereocenters. The summed E-state index contributed by atoms with van der Waals surface area (Å²) in [5.74, 6) is -1.51. The molecule has 0 spiro atoms. The second kappa shape index (κ2) is 8.43. The molecular weight excluding hydrogens is 448 g/mol. The van der Waals surface area contributed by atoms with Crippen LogP contribution < -0.4 is 9.64 Å². The minimum Gasteiger partial charge on any atom is -0.497 e. The smallest absolute Gasteiger partial charge is 0.254 e. The number of amides is 1. The van der Waals surface area contributed by atoms with Crippen LogP contribution in [-0.4, -0.2) is 58.9 Å². The summed E-state index contributed by atoms with van der Waals surface area (Å²) in [6.07, 6.45) is 0. The van der Waals surface area contributed by atoms with Crippen LogP contribution >= 0.6 is 11.3 Å². The number of anilines is 1. The Morgan fingerprint density at radius 1 is 1.03 bits per heavy atom. The van der Waals surface area contributed by atoms with E-state index < -0.39 is 11.6 Å². The van der Waals surface area contributed by atoms with Gasteiger partial charge in [0.15, 0.2) is 22.4 Å². The van der Waals surface area contributed by atoms with Gasteiger partial charge in [0.1, 0.15) is 5.75 Å². The van der Waals surface area contributed by atoms with Crippen molar-refractivity contribution >= 4 is 32.7 Å². The Hall–Kier alpha value is -3.53. The van der Waals surface area contributed by atoms with Crippen LogP contribution in [0.15, 0.2) is 42.5 Å². The monoisotopic (exact) mass is 469 g/mol. The highest BCUT2D eigenvalue weighted by Gasteiger charge is 2.26. The van der Waals surface area contributed by atoms with Gasteiger partial charge in [0.25, 0.3) is 5.91 Å². The molecule has 170 valence electrons. The van der Waals surface area contributed by atoms with E-state index >= 15 is 0 Å². The zero-order chi connectivity index (χ0) is 23.1. The van der Waals surface area contributed by atoms with Gasteiger partial charge < -0.3 is 14.5 Å². The van der Waals surface area contributed by atoms with Crippen molar-refractivity contribution in [3.8, 4) is 11.4 Å². The molecule has 0 N–H and O–H groups in total. The summed E-state index contributed by atoms with van der Waals surface area (Å²) in [7, 11) is 1.63. The molecule has 1 amide bonds. The van der Waals surface area contributed by atoms with Crippen LogP contribution in [0.3, 0.4) is 0 Å². The lowest BCUT2D eigenvalue weighted by molar-refractivity contribution is 0.0746. The Balaban J connectivity index is 1.33. The van der Waals surface area contributed by atoms with E-state index in [1.807, 2.05) is 35.9 Å². The Bertz CT molecular complexity index is 1330. The molecule has 7 nitrogen and oxygen atoms in total. The number of fused-ring (bicyclic) bond motifs is 1. The SMILES string of the molecule is COc1ccc(-n2nc(C)c3sc(N4CCN(C(=O)c5ccc(F)c(F)c5)CC4)nc32)cc1. The fourth-order valence-electron chi connectivity index (χ4n) is 3.87. The summed E-state index contributed by atoms with van der Waals surface area (Å²) in [5, 5.41) is 5.51. The predicted molar refractivity (Wildman–Crippen MR) is 123 cm³/mol. The van der Waals surface area contributed by atoms with Gasteiger partial charge in [-0.05, 0) is 49.4 Å². The predicted octanol–water partition coefficient (Wildman–Crippen LogP) is 4.04. The van der Waals surface area contributed by atoms with Crippen LogP contribution in [0.2, 0.25) is 0 Å². The number of carbonyl (C=O) groups excluding carboxylic acids is 1. The number of aromatic nitrogens is 3. The average Bonchev–Trinajstić information content (AvgIpc) is 3.41. The summed E-state index contributed by atoms with van der Waals surface area (Å²) < 4.78 is 34.8. The number of thiazole rings is 1. The molecule has 4 aromatic rings. The topological polar surface area (TPSA) is 63.5 Å². The largest absolute Gasteiger partial charge is 0.497 e. The number of nitrogens with zero attached hydrogens (tertiary/aromatic N) is 5. The average molecular weight is 470 g/mol. The van der Waals surface area contributed by atoms with E-state index in [0.29, 0.717) is 26.2 Å². The number of hydrogen-bond acceptors (Lipinski definition) is 6. The summed E-state index contributed by atoms with van der Waals surface area (Å²) in [6, 6.07) is 10.9. The van der Waals surface area contributed by atoms with E-state index in [2.05, 4.69) is 10.00 Å². The number of rotatable bonds is 4. The van der Waals surface area contributed by atoms with Crippen molar-refractivity contribution in [3.05, 3.63) is 65.4 Å². The van der Waals surface area contributed by atoms with Crippen LogP contribution in [-0.2, 0) is 0 Å². The number of benzene rings is 2. The first-order valence-electron chi connectivity index (χ1n) is 10.4. The maximum Gasteiger partial charge on any atom is 0.254 e. The number of hydrogen-bond donors (Lipinski definition) is 0. The molecule has 0 aliphatic carbocycles. The molecule has 0 saturated carbocycles. The van der Waals surface area contributed by atoms with Gasteiger partial charge in [-0.2, -0.15) is 10.1 Å². The fourth-order valence-corrected chi connectivity index (χ4v) is 4.91. The van der Waals surface area contributed by atoms with Crippen molar-refractivity contribution in [2.75, 3.05) is 38.2 Å². The van der Waals surface area contributed by atoms with E-state index in [1.54, 1.807) is 23.3 Å². The number of aryl methyl sites for hydroxylation is 1. The molecule has 33 heavy (non-hydrogen) atoms. The molecule has 1 fully saturated rings. The first kappa shape index (κ1) is 21.3. The van der Waals surface area contributed by atoms with Gasteiger partial charge in [-0.15, -0.1) is 0 Å². The third-order valence-corrected chi connectivity index (χ3v) is 6.91. The van der Waals surface area contributed by atoms with Gasteiger partial charge in [0.2, 0.25) is 0 Å². The van der Waals surface area contributed by atoms with Gasteiger partial charge in [0.05, 0.1) is 23.2 Å². The highest BCUT2D eigenvalue weighted by atomic mass is 32.1. The number of ether oxygens (including phenoxy) is 1. The summed E-state index contributed by atoms with van der Waals surface area (Å²) in [5.41, 5.74) is 2.74. The van der Waals surface area contributed by atoms with Crippen molar-refractivity contribution < 1.29 is 18.3 Å². The minimum atomic E-state index is -1.02. The second-order valence-electron chi connectivity index (χ2n) is 7.75. The van der Waals surface area contributed by atoms with E-state index in [1.165, 1.54) is 6.07 Å². The van der Waals surface area contributed by atoms with Crippen molar-refractivity contribution in [2.45, 2.75) is 6.92 Å². The maximum atomic E-state index is 13.5. The molecule has 1 saturated heterocycles. The lowest BCUT2D eigenvalue weighted by atomic mass is 10.1. The van der Waals surface area contributed by atoms with E-state index in [9.17, 15) is 13.6 Å². The van der Waals surface area contributed by atoms with Crippen LogP contribution in [0.4, 0.5) is 13.9 Å². The van der Waals surface area contributed by atoms with Crippen molar-refractivity contribution in [1.29, 1.82) is 0 Å². The molecule has 1 aliphatic rings. The molecule has 0 bridgehead atoms. The van der Waals surface area contributed by atoms with E-state index in [4.69, 9.17) is 9.72 Å². The van der Waals surface area contributed by atoms with Gasteiger partial charge in [-0.1, -0.05) is 11.3 Å². The normalized spacial score (nSPS) is 14.2. The summed E-state index contributed by atoms with van der Waals surface area (Å²) in [6.45, 7) is 4.10. The van der Waals surface area contributed by atoms with Crippen LogP contribution in [0.5, 0.6) is 5.75 Å². The molecule has 1 aliphatic heterocycles. The molecule has 0 unspecified atom stereocenters. The molecule has 0 radical (unpaired) electrons. The Morgan fingerprint density at radius 3 is 2.42 bits per heavy atom. The zero-order valence-electron chi connectivity index (χ0n) is 18.1. The third-order valence-electron chi connectivity index (χ3n) is 5.70. The number of methoxy groups -OCH3 is 1. The Labute approximate surface area is 192 Å². The zero-order valence-corrected chi connectivity index (χ0v) is 18.9. The van der Waals surface area contributed by atoms with Crippen LogP contribution in [0.1, 0.15) is 16.1 Å². The minimum absolute atomic E-state index is 0.151. The Morgan fingerprint density at radius 2 is 1.76 bits per heavy atom. The van der Waals surface area contributed by atoms with Gasteiger partial charge in [-0.25, -0.2) is 13.5 Å².